The van der Waals surface area contributed by atoms with E-state index in [1.54, 1.807) is 45.2 Å². The van der Waals surface area contributed by atoms with Crippen molar-refractivity contribution >= 4 is 17.4 Å². The number of ether oxygens (including phenoxy) is 3. The van der Waals surface area contributed by atoms with Crippen LogP contribution in [0.25, 0.3) is 0 Å². The van der Waals surface area contributed by atoms with Gasteiger partial charge in [-0.25, -0.2) is 4.39 Å². The van der Waals surface area contributed by atoms with Crippen LogP contribution in [0.4, 0.5) is 10.1 Å². The Kier molecular flexibility index (Phi) is 6.56. The first-order chi connectivity index (χ1) is 15.1. The van der Waals surface area contributed by atoms with Crippen LogP contribution in [0, 0.1) is 5.82 Å². The normalized spacial score (nSPS) is 15.7. The minimum atomic E-state index is -0.192. The number of halogens is 1. The quantitative estimate of drug-likeness (QED) is 0.464. The van der Waals surface area contributed by atoms with Gasteiger partial charge in [0.1, 0.15) is 5.82 Å². The SMILES string of the molecule is COc1ccc(CN2CCC(c3cccc(F)c3)Sc3ccccc32)c(OC)c1OC. The number of fused-ring (bicyclic) bond motifs is 1. The first kappa shape index (κ1) is 21.4. The van der Waals surface area contributed by atoms with Crippen LogP contribution in [0.15, 0.2) is 65.6 Å². The van der Waals surface area contributed by atoms with Crippen molar-refractivity contribution in [1.82, 2.24) is 0 Å². The molecule has 1 heterocycles. The molecule has 0 N–H and O–H groups in total. The van der Waals surface area contributed by atoms with Gasteiger partial charge < -0.3 is 19.1 Å². The van der Waals surface area contributed by atoms with Gasteiger partial charge in [-0.05, 0) is 48.4 Å². The molecular formula is C25H26FNO3S. The zero-order chi connectivity index (χ0) is 21.8. The van der Waals surface area contributed by atoms with Crippen LogP contribution in [0.2, 0.25) is 0 Å². The molecule has 0 aliphatic carbocycles. The molecule has 3 aromatic rings. The van der Waals surface area contributed by atoms with E-state index in [1.807, 2.05) is 18.2 Å². The zero-order valence-corrected chi connectivity index (χ0v) is 18.7. The molecule has 0 saturated carbocycles. The smallest absolute Gasteiger partial charge is 0.203 e. The van der Waals surface area contributed by atoms with Gasteiger partial charge in [-0.3, -0.25) is 0 Å². The third kappa shape index (κ3) is 4.44. The Morgan fingerprint density at radius 3 is 2.48 bits per heavy atom. The second-order valence-corrected chi connectivity index (χ2v) is 8.58. The molecule has 1 aliphatic heterocycles. The fourth-order valence-electron chi connectivity index (χ4n) is 4.02. The summed E-state index contributed by atoms with van der Waals surface area (Å²) in [6.45, 7) is 1.50. The summed E-state index contributed by atoms with van der Waals surface area (Å²) >= 11 is 1.79. The number of hydrogen-bond donors (Lipinski definition) is 0. The van der Waals surface area contributed by atoms with E-state index < -0.39 is 0 Å². The number of hydrogen-bond acceptors (Lipinski definition) is 5. The monoisotopic (exact) mass is 439 g/mol. The lowest BCUT2D eigenvalue weighted by Crippen LogP contribution is -2.24. The summed E-state index contributed by atoms with van der Waals surface area (Å²) in [6, 6.07) is 19.2. The van der Waals surface area contributed by atoms with Gasteiger partial charge in [0.05, 0.1) is 27.0 Å². The molecule has 4 rings (SSSR count). The number of thioether (sulfide) groups is 1. The van der Waals surface area contributed by atoms with Crippen molar-refractivity contribution < 1.29 is 18.6 Å². The molecule has 162 valence electrons. The molecule has 0 aromatic heterocycles. The van der Waals surface area contributed by atoms with Crippen LogP contribution in [0.5, 0.6) is 17.2 Å². The maximum absolute atomic E-state index is 13.8. The van der Waals surface area contributed by atoms with Crippen molar-refractivity contribution in [3.8, 4) is 17.2 Å². The van der Waals surface area contributed by atoms with Crippen LogP contribution < -0.4 is 19.1 Å². The average molecular weight is 440 g/mol. The molecule has 4 nitrogen and oxygen atoms in total. The highest BCUT2D eigenvalue weighted by atomic mass is 32.2. The van der Waals surface area contributed by atoms with Crippen molar-refractivity contribution in [1.29, 1.82) is 0 Å². The number of nitrogens with zero attached hydrogens (tertiary/aromatic N) is 1. The highest BCUT2D eigenvalue weighted by molar-refractivity contribution is 7.99. The third-order valence-electron chi connectivity index (χ3n) is 5.50. The number of para-hydroxylation sites is 1. The standard InChI is InChI=1S/C25H26FNO3S/c1-28-21-12-11-18(24(29-2)25(21)30-3)16-27-14-13-22(17-7-6-8-19(26)15-17)31-23-10-5-4-9-20(23)27/h4-12,15,22H,13-14,16H2,1-3H3. The summed E-state index contributed by atoms with van der Waals surface area (Å²) in [5, 5.41) is 0.189. The summed E-state index contributed by atoms with van der Waals surface area (Å²) in [7, 11) is 4.88. The fourth-order valence-corrected chi connectivity index (χ4v) is 5.31. The van der Waals surface area contributed by atoms with Crippen LogP contribution in [-0.2, 0) is 6.54 Å². The summed E-state index contributed by atoms with van der Waals surface area (Å²) in [6.07, 6.45) is 0.901. The number of benzene rings is 3. The Morgan fingerprint density at radius 1 is 0.935 bits per heavy atom. The Labute approximate surface area is 186 Å². The van der Waals surface area contributed by atoms with Gasteiger partial charge in [0.2, 0.25) is 5.75 Å². The van der Waals surface area contributed by atoms with E-state index in [9.17, 15) is 4.39 Å². The Hall–Kier alpha value is -2.86. The van der Waals surface area contributed by atoms with Crippen LogP contribution in [-0.4, -0.2) is 27.9 Å². The molecule has 0 saturated heterocycles. The predicted octanol–water partition coefficient (Wildman–Crippen LogP) is 6.10. The van der Waals surface area contributed by atoms with E-state index in [2.05, 4.69) is 29.2 Å². The summed E-state index contributed by atoms with van der Waals surface area (Å²) in [5.74, 6) is 1.72. The van der Waals surface area contributed by atoms with E-state index in [-0.39, 0.29) is 11.1 Å². The van der Waals surface area contributed by atoms with Gasteiger partial charge in [0, 0.05) is 28.8 Å². The Morgan fingerprint density at radius 2 is 1.74 bits per heavy atom. The van der Waals surface area contributed by atoms with Crippen molar-refractivity contribution in [3.05, 3.63) is 77.6 Å². The van der Waals surface area contributed by atoms with Crippen molar-refractivity contribution in [3.63, 3.8) is 0 Å². The summed E-state index contributed by atoms with van der Waals surface area (Å²) in [5.41, 5.74) is 3.21. The van der Waals surface area contributed by atoms with E-state index >= 15 is 0 Å². The average Bonchev–Trinajstić information content (AvgIpc) is 2.98. The second-order valence-electron chi connectivity index (χ2n) is 7.33. The first-order valence-corrected chi connectivity index (χ1v) is 11.1. The first-order valence-electron chi connectivity index (χ1n) is 10.2. The molecule has 0 bridgehead atoms. The lowest BCUT2D eigenvalue weighted by Gasteiger charge is -2.26. The van der Waals surface area contributed by atoms with Crippen molar-refractivity contribution in [2.45, 2.75) is 23.1 Å². The van der Waals surface area contributed by atoms with Crippen molar-refractivity contribution in [2.24, 2.45) is 0 Å². The minimum absolute atomic E-state index is 0.189. The minimum Gasteiger partial charge on any atom is -0.493 e. The maximum atomic E-state index is 13.8. The molecule has 0 radical (unpaired) electrons. The molecule has 1 unspecified atom stereocenters. The van der Waals surface area contributed by atoms with Crippen LogP contribution >= 0.6 is 11.8 Å². The molecule has 1 aliphatic rings. The predicted molar refractivity (Wildman–Crippen MR) is 123 cm³/mol. The van der Waals surface area contributed by atoms with Crippen molar-refractivity contribution in [2.75, 3.05) is 32.8 Å². The highest BCUT2D eigenvalue weighted by Gasteiger charge is 2.25. The molecule has 1 atom stereocenters. The van der Waals surface area contributed by atoms with E-state index in [0.29, 0.717) is 23.8 Å². The topological polar surface area (TPSA) is 30.9 Å². The fraction of sp³-hybridized carbons (Fsp3) is 0.280. The molecule has 31 heavy (non-hydrogen) atoms. The lowest BCUT2D eigenvalue weighted by atomic mass is 10.1. The highest BCUT2D eigenvalue weighted by Crippen LogP contribution is 2.46. The van der Waals surface area contributed by atoms with Gasteiger partial charge in [0.25, 0.3) is 0 Å². The second kappa shape index (κ2) is 9.52. The number of methoxy groups -OCH3 is 3. The number of anilines is 1. The van der Waals surface area contributed by atoms with E-state index in [0.717, 1.165) is 24.1 Å². The maximum Gasteiger partial charge on any atom is 0.203 e. The third-order valence-corrected chi connectivity index (χ3v) is 6.90. The van der Waals surface area contributed by atoms with E-state index in [1.165, 1.54) is 16.6 Å². The number of rotatable bonds is 6. The molecule has 3 aromatic carbocycles. The Bertz CT molecular complexity index is 1060. The Balaban J connectivity index is 1.67. The van der Waals surface area contributed by atoms with Crippen LogP contribution in [0.1, 0.15) is 22.8 Å². The molecule has 0 spiro atoms. The molecule has 0 amide bonds. The van der Waals surface area contributed by atoms with Gasteiger partial charge >= 0.3 is 0 Å². The lowest BCUT2D eigenvalue weighted by molar-refractivity contribution is 0.322. The van der Waals surface area contributed by atoms with Gasteiger partial charge in [-0.2, -0.15) is 0 Å². The summed E-state index contributed by atoms with van der Waals surface area (Å²) < 4.78 is 30.5. The van der Waals surface area contributed by atoms with Gasteiger partial charge in [-0.1, -0.05) is 24.3 Å². The zero-order valence-electron chi connectivity index (χ0n) is 17.9. The summed E-state index contributed by atoms with van der Waals surface area (Å²) in [4.78, 5) is 3.54. The van der Waals surface area contributed by atoms with Gasteiger partial charge in [0.15, 0.2) is 11.5 Å². The molecular weight excluding hydrogens is 413 g/mol. The largest absolute Gasteiger partial charge is 0.493 e. The van der Waals surface area contributed by atoms with Gasteiger partial charge in [-0.15, -0.1) is 11.8 Å². The van der Waals surface area contributed by atoms with Crippen LogP contribution in [0.3, 0.4) is 0 Å². The molecule has 6 heteroatoms. The molecule has 0 fully saturated rings. The van der Waals surface area contributed by atoms with E-state index in [4.69, 9.17) is 14.2 Å².